The Kier molecular flexibility index (Phi) is 6.46. The van der Waals surface area contributed by atoms with E-state index in [1.165, 1.54) is 12.0 Å². The molecule has 2 atom stereocenters. The highest BCUT2D eigenvalue weighted by atomic mass is 16.5. The molecule has 0 aromatic heterocycles. The van der Waals surface area contributed by atoms with Gasteiger partial charge in [-0.3, -0.25) is 14.4 Å². The Bertz CT molecular complexity index is 870. The van der Waals surface area contributed by atoms with Crippen molar-refractivity contribution in [1.29, 1.82) is 0 Å². The minimum absolute atomic E-state index is 0.235. The number of carbonyl (C=O) groups is 3. The van der Waals surface area contributed by atoms with E-state index in [4.69, 9.17) is 15.2 Å². The standard InChI is InChI=1S/C21H23N3O5/c1-28-17-11-18(20(22)26)24(13-17)19(25)12-23-21(27)14-7-9-16(10-8-14)29-15-5-3-2-4-6-15/h2-10,17-18H,11-13H2,1H3,(H2,22,26)(H,23,27). The molecular weight excluding hydrogens is 374 g/mol. The number of nitrogens with one attached hydrogen (secondary N) is 1. The molecule has 8 nitrogen and oxygen atoms in total. The Morgan fingerprint density at radius 1 is 1.07 bits per heavy atom. The van der Waals surface area contributed by atoms with E-state index in [0.29, 0.717) is 23.5 Å². The summed E-state index contributed by atoms with van der Waals surface area (Å²) in [6, 6.07) is 15.1. The molecule has 0 bridgehead atoms. The van der Waals surface area contributed by atoms with Gasteiger partial charge >= 0.3 is 0 Å². The quantitative estimate of drug-likeness (QED) is 0.732. The first-order valence-electron chi connectivity index (χ1n) is 9.20. The molecule has 0 aliphatic carbocycles. The maximum atomic E-state index is 12.4. The number of likely N-dealkylation sites (tertiary alicyclic amines) is 1. The summed E-state index contributed by atoms with van der Waals surface area (Å²) in [7, 11) is 1.52. The number of benzene rings is 2. The van der Waals surface area contributed by atoms with Crippen molar-refractivity contribution in [3.05, 3.63) is 60.2 Å². The van der Waals surface area contributed by atoms with Crippen molar-refractivity contribution in [2.24, 2.45) is 5.73 Å². The van der Waals surface area contributed by atoms with Gasteiger partial charge in [-0.2, -0.15) is 0 Å². The molecule has 2 aromatic carbocycles. The van der Waals surface area contributed by atoms with Crippen LogP contribution < -0.4 is 15.8 Å². The highest BCUT2D eigenvalue weighted by molar-refractivity contribution is 5.97. The number of amides is 3. The molecule has 2 unspecified atom stereocenters. The SMILES string of the molecule is COC1CC(C(N)=O)N(C(=O)CNC(=O)c2ccc(Oc3ccccc3)cc2)C1. The zero-order valence-corrected chi connectivity index (χ0v) is 16.0. The molecule has 152 valence electrons. The van der Waals surface area contributed by atoms with Crippen molar-refractivity contribution >= 4 is 17.7 Å². The van der Waals surface area contributed by atoms with Gasteiger partial charge in [0, 0.05) is 25.6 Å². The number of primary amides is 1. The van der Waals surface area contributed by atoms with E-state index < -0.39 is 17.9 Å². The summed E-state index contributed by atoms with van der Waals surface area (Å²) in [5.74, 6) is -0.0817. The smallest absolute Gasteiger partial charge is 0.251 e. The van der Waals surface area contributed by atoms with Crippen molar-refractivity contribution in [2.45, 2.75) is 18.6 Å². The Morgan fingerprint density at radius 3 is 2.34 bits per heavy atom. The molecular formula is C21H23N3O5. The minimum Gasteiger partial charge on any atom is -0.457 e. The predicted molar refractivity (Wildman–Crippen MR) is 105 cm³/mol. The number of hydrogen-bond acceptors (Lipinski definition) is 5. The van der Waals surface area contributed by atoms with E-state index >= 15 is 0 Å². The van der Waals surface area contributed by atoms with Gasteiger partial charge in [0.2, 0.25) is 11.8 Å². The summed E-state index contributed by atoms with van der Waals surface area (Å²) in [5.41, 5.74) is 5.76. The number of carbonyl (C=O) groups excluding carboxylic acids is 3. The summed E-state index contributed by atoms with van der Waals surface area (Å²) >= 11 is 0. The Hall–Kier alpha value is -3.39. The van der Waals surface area contributed by atoms with Crippen molar-refractivity contribution in [2.75, 3.05) is 20.2 Å². The Balaban J connectivity index is 1.55. The number of hydrogen-bond donors (Lipinski definition) is 2. The third-order valence-electron chi connectivity index (χ3n) is 4.74. The topological polar surface area (TPSA) is 111 Å². The number of para-hydroxylation sites is 1. The molecule has 3 rings (SSSR count). The van der Waals surface area contributed by atoms with Crippen LogP contribution in [0.3, 0.4) is 0 Å². The van der Waals surface area contributed by atoms with E-state index in [1.54, 1.807) is 24.3 Å². The summed E-state index contributed by atoms with van der Waals surface area (Å²) < 4.78 is 10.9. The fraction of sp³-hybridized carbons (Fsp3) is 0.286. The lowest BCUT2D eigenvalue weighted by Crippen LogP contribution is -2.47. The van der Waals surface area contributed by atoms with E-state index in [-0.39, 0.29) is 25.1 Å². The number of methoxy groups -OCH3 is 1. The molecule has 8 heteroatoms. The van der Waals surface area contributed by atoms with Crippen LogP contribution in [0.4, 0.5) is 0 Å². The van der Waals surface area contributed by atoms with E-state index in [0.717, 1.165) is 0 Å². The average molecular weight is 397 g/mol. The van der Waals surface area contributed by atoms with Crippen molar-refractivity contribution in [1.82, 2.24) is 10.2 Å². The van der Waals surface area contributed by atoms with Crippen LogP contribution in [0.1, 0.15) is 16.8 Å². The van der Waals surface area contributed by atoms with E-state index in [9.17, 15) is 14.4 Å². The summed E-state index contributed by atoms with van der Waals surface area (Å²) in [4.78, 5) is 37.7. The van der Waals surface area contributed by atoms with Crippen LogP contribution in [0.2, 0.25) is 0 Å². The van der Waals surface area contributed by atoms with Gasteiger partial charge in [0.1, 0.15) is 17.5 Å². The van der Waals surface area contributed by atoms with Crippen LogP contribution in [0.25, 0.3) is 0 Å². The Morgan fingerprint density at radius 2 is 1.72 bits per heavy atom. The van der Waals surface area contributed by atoms with Gasteiger partial charge in [0.05, 0.1) is 12.6 Å². The van der Waals surface area contributed by atoms with Crippen LogP contribution in [0.15, 0.2) is 54.6 Å². The lowest BCUT2D eigenvalue weighted by atomic mass is 10.2. The number of nitrogens with two attached hydrogens (primary N) is 1. The van der Waals surface area contributed by atoms with Gasteiger partial charge in [0.25, 0.3) is 5.91 Å². The second-order valence-corrected chi connectivity index (χ2v) is 6.68. The van der Waals surface area contributed by atoms with Gasteiger partial charge < -0.3 is 25.4 Å². The van der Waals surface area contributed by atoms with Crippen molar-refractivity contribution in [3.63, 3.8) is 0 Å². The Labute approximate surface area is 168 Å². The number of rotatable bonds is 7. The molecule has 1 aliphatic heterocycles. The normalized spacial score (nSPS) is 18.3. The first-order valence-corrected chi connectivity index (χ1v) is 9.20. The van der Waals surface area contributed by atoms with Gasteiger partial charge in [-0.15, -0.1) is 0 Å². The van der Waals surface area contributed by atoms with Crippen molar-refractivity contribution < 1.29 is 23.9 Å². The number of ether oxygens (including phenoxy) is 2. The second kappa shape index (κ2) is 9.20. The molecule has 3 N–H and O–H groups in total. The third-order valence-corrected chi connectivity index (χ3v) is 4.74. The molecule has 1 heterocycles. The van der Waals surface area contributed by atoms with Crippen LogP contribution in [0, 0.1) is 0 Å². The molecule has 29 heavy (non-hydrogen) atoms. The van der Waals surface area contributed by atoms with Gasteiger partial charge in [-0.25, -0.2) is 0 Å². The molecule has 1 fully saturated rings. The highest BCUT2D eigenvalue weighted by Crippen LogP contribution is 2.21. The first kappa shape index (κ1) is 20.3. The summed E-state index contributed by atoms with van der Waals surface area (Å²) in [6.45, 7) is 0.0334. The third kappa shape index (κ3) is 5.11. The van der Waals surface area contributed by atoms with Gasteiger partial charge in [-0.1, -0.05) is 18.2 Å². The maximum absolute atomic E-state index is 12.4. The van der Waals surface area contributed by atoms with E-state index in [2.05, 4.69) is 5.32 Å². The molecule has 0 saturated carbocycles. The highest BCUT2D eigenvalue weighted by Gasteiger charge is 2.38. The van der Waals surface area contributed by atoms with Crippen LogP contribution in [0.5, 0.6) is 11.5 Å². The second-order valence-electron chi connectivity index (χ2n) is 6.68. The molecule has 2 aromatic rings. The van der Waals surface area contributed by atoms with E-state index in [1.807, 2.05) is 30.3 Å². The number of nitrogens with zero attached hydrogens (tertiary/aromatic N) is 1. The van der Waals surface area contributed by atoms with Gasteiger partial charge in [0.15, 0.2) is 0 Å². The van der Waals surface area contributed by atoms with Crippen LogP contribution in [-0.4, -0.2) is 55.0 Å². The lowest BCUT2D eigenvalue weighted by molar-refractivity contribution is -0.136. The largest absolute Gasteiger partial charge is 0.457 e. The molecule has 3 amide bonds. The maximum Gasteiger partial charge on any atom is 0.251 e. The fourth-order valence-corrected chi connectivity index (χ4v) is 3.17. The zero-order chi connectivity index (χ0) is 20.8. The predicted octanol–water partition coefficient (Wildman–Crippen LogP) is 1.31. The molecule has 1 saturated heterocycles. The fourth-order valence-electron chi connectivity index (χ4n) is 3.17. The van der Waals surface area contributed by atoms with Crippen molar-refractivity contribution in [3.8, 4) is 11.5 Å². The van der Waals surface area contributed by atoms with Crippen LogP contribution in [-0.2, 0) is 14.3 Å². The zero-order valence-electron chi connectivity index (χ0n) is 16.0. The molecule has 0 spiro atoms. The lowest BCUT2D eigenvalue weighted by Gasteiger charge is -2.22. The summed E-state index contributed by atoms with van der Waals surface area (Å²) in [5, 5.41) is 2.57. The monoisotopic (exact) mass is 397 g/mol. The minimum atomic E-state index is -0.723. The summed E-state index contributed by atoms with van der Waals surface area (Å²) in [6.07, 6.45) is 0.110. The van der Waals surface area contributed by atoms with Crippen LogP contribution >= 0.6 is 0 Å². The molecule has 1 aliphatic rings. The molecule has 0 radical (unpaired) electrons. The average Bonchev–Trinajstić information content (AvgIpc) is 3.18. The van der Waals surface area contributed by atoms with Gasteiger partial charge in [-0.05, 0) is 36.4 Å². The first-order chi connectivity index (χ1) is 14.0.